The zero-order valence-corrected chi connectivity index (χ0v) is 17.3. The number of amides is 1. The molecule has 0 aliphatic carbocycles. The van der Waals surface area contributed by atoms with Crippen molar-refractivity contribution >= 4 is 5.91 Å². The molecule has 0 saturated carbocycles. The lowest BCUT2D eigenvalue weighted by atomic mass is 9.73. The summed E-state index contributed by atoms with van der Waals surface area (Å²) in [5.41, 5.74) is 3.78. The van der Waals surface area contributed by atoms with E-state index in [1.54, 1.807) is 12.0 Å². The first-order valence-corrected chi connectivity index (χ1v) is 10.3. The van der Waals surface area contributed by atoms with E-state index < -0.39 is 12.1 Å². The summed E-state index contributed by atoms with van der Waals surface area (Å²) in [6, 6.07) is 26.3. The van der Waals surface area contributed by atoms with Crippen LogP contribution in [0.4, 0.5) is 0 Å². The van der Waals surface area contributed by atoms with Crippen molar-refractivity contribution in [3.8, 4) is 22.9 Å². The fourth-order valence-corrected chi connectivity index (χ4v) is 4.43. The normalized spacial score (nSPS) is 19.9. The van der Waals surface area contributed by atoms with Gasteiger partial charge in [0.1, 0.15) is 11.8 Å². The Balaban J connectivity index is 1.66. The Hall–Kier alpha value is -3.62. The second-order valence-corrected chi connectivity index (χ2v) is 7.63. The first kappa shape index (κ1) is 20.6. The lowest BCUT2D eigenvalue weighted by Crippen LogP contribution is -2.65. The minimum atomic E-state index is -0.625. The van der Waals surface area contributed by atoms with Gasteiger partial charge in [-0.2, -0.15) is 5.26 Å². The van der Waals surface area contributed by atoms with Gasteiger partial charge in [-0.1, -0.05) is 66.7 Å². The average Bonchev–Trinajstić information content (AvgIpc) is 2.80. The van der Waals surface area contributed by atoms with Crippen LogP contribution in [-0.4, -0.2) is 41.7 Å². The molecule has 1 N–H and O–H groups in total. The third kappa shape index (κ3) is 3.90. The van der Waals surface area contributed by atoms with Crippen LogP contribution < -0.4 is 4.74 Å². The van der Waals surface area contributed by atoms with Gasteiger partial charge in [0.15, 0.2) is 0 Å². The number of nitriles is 1. The summed E-state index contributed by atoms with van der Waals surface area (Å²) in [6.07, 6.45) is 0.208. The Bertz CT molecular complexity index is 1110. The number of hydrogen-bond acceptors (Lipinski definition) is 4. The van der Waals surface area contributed by atoms with Crippen molar-refractivity contribution in [3.05, 3.63) is 90.0 Å². The molecular formula is C26H24N2O3. The molecule has 0 bridgehead atoms. The fraction of sp³-hybridized carbons (Fsp3) is 0.231. The van der Waals surface area contributed by atoms with Gasteiger partial charge in [0.2, 0.25) is 5.91 Å². The Morgan fingerprint density at radius 3 is 2.52 bits per heavy atom. The molecule has 1 heterocycles. The molecular weight excluding hydrogens is 388 g/mol. The lowest BCUT2D eigenvalue weighted by Gasteiger charge is -2.52. The Kier molecular flexibility index (Phi) is 6.01. The molecule has 5 heteroatoms. The van der Waals surface area contributed by atoms with Gasteiger partial charge in [0.25, 0.3) is 0 Å². The maximum atomic E-state index is 13.0. The molecule has 1 aliphatic heterocycles. The Morgan fingerprint density at radius 2 is 1.81 bits per heavy atom. The number of aliphatic hydroxyl groups is 1. The van der Waals surface area contributed by atoms with Gasteiger partial charge < -0.3 is 14.7 Å². The number of nitrogens with zero attached hydrogens (tertiary/aromatic N) is 2. The van der Waals surface area contributed by atoms with E-state index in [2.05, 4.69) is 6.07 Å². The molecule has 156 valence electrons. The van der Waals surface area contributed by atoms with Crippen LogP contribution in [0.1, 0.15) is 17.0 Å². The van der Waals surface area contributed by atoms with Gasteiger partial charge >= 0.3 is 0 Å². The van der Waals surface area contributed by atoms with E-state index >= 15 is 0 Å². The van der Waals surface area contributed by atoms with Crippen molar-refractivity contribution in [2.24, 2.45) is 0 Å². The third-order valence-corrected chi connectivity index (χ3v) is 5.92. The summed E-state index contributed by atoms with van der Waals surface area (Å²) in [6.45, 7) is -0.199. The van der Waals surface area contributed by atoms with E-state index in [-0.39, 0.29) is 24.9 Å². The smallest absolute Gasteiger partial charge is 0.228 e. The van der Waals surface area contributed by atoms with Gasteiger partial charge in [0.05, 0.1) is 32.2 Å². The van der Waals surface area contributed by atoms with Crippen LogP contribution in [0.15, 0.2) is 78.9 Å². The number of methoxy groups -OCH3 is 1. The summed E-state index contributed by atoms with van der Waals surface area (Å²) in [5, 5.41) is 20.1. The molecule has 0 spiro atoms. The van der Waals surface area contributed by atoms with Gasteiger partial charge in [-0.25, -0.2) is 0 Å². The topological polar surface area (TPSA) is 73.6 Å². The van der Waals surface area contributed by atoms with Crippen LogP contribution in [0.3, 0.4) is 0 Å². The van der Waals surface area contributed by atoms with Crippen molar-refractivity contribution in [2.45, 2.75) is 24.4 Å². The first-order chi connectivity index (χ1) is 15.2. The predicted octanol–water partition coefficient (Wildman–Crippen LogP) is 3.78. The molecule has 3 atom stereocenters. The second-order valence-electron chi connectivity index (χ2n) is 7.63. The molecule has 3 aromatic rings. The van der Waals surface area contributed by atoms with Crippen molar-refractivity contribution in [1.82, 2.24) is 4.90 Å². The molecule has 4 rings (SSSR count). The minimum absolute atomic E-state index is 0.146. The number of likely N-dealkylation sites (tertiary alicyclic amines) is 1. The standard InChI is InChI=1S/C26H24N2O3/c1-31-20-11-7-10-19(15-20)21-12-5-6-13-22(21)26-23(16-27)28(24(26)17-29)25(30)14-18-8-3-2-4-9-18/h2-13,15,23-24,26,29H,14,17H2,1H3/t23-,24+,26-/m0/s1. The first-order valence-electron chi connectivity index (χ1n) is 10.3. The minimum Gasteiger partial charge on any atom is -0.497 e. The highest BCUT2D eigenvalue weighted by atomic mass is 16.5. The van der Waals surface area contributed by atoms with Crippen LogP contribution in [0.5, 0.6) is 5.75 Å². The zero-order chi connectivity index (χ0) is 21.8. The van der Waals surface area contributed by atoms with Crippen LogP contribution in [0.2, 0.25) is 0 Å². The highest BCUT2D eigenvalue weighted by molar-refractivity contribution is 5.82. The number of carbonyl (C=O) groups is 1. The number of hydrogen-bond donors (Lipinski definition) is 1. The highest BCUT2D eigenvalue weighted by Crippen LogP contribution is 2.44. The number of carbonyl (C=O) groups excluding carboxylic acids is 1. The van der Waals surface area contributed by atoms with E-state index in [4.69, 9.17) is 4.74 Å². The van der Waals surface area contributed by atoms with Crippen LogP contribution in [0, 0.1) is 11.3 Å². The van der Waals surface area contributed by atoms with Crippen molar-refractivity contribution < 1.29 is 14.6 Å². The lowest BCUT2D eigenvalue weighted by molar-refractivity contribution is -0.146. The maximum absolute atomic E-state index is 13.0. The number of aliphatic hydroxyl groups excluding tert-OH is 1. The molecule has 0 aromatic heterocycles. The summed E-state index contributed by atoms with van der Waals surface area (Å²) in [7, 11) is 1.63. The average molecular weight is 412 g/mol. The second kappa shape index (κ2) is 9.03. The number of benzene rings is 3. The Morgan fingerprint density at radius 1 is 1.06 bits per heavy atom. The quantitative estimate of drug-likeness (QED) is 0.669. The largest absolute Gasteiger partial charge is 0.497 e. The van der Waals surface area contributed by atoms with E-state index in [1.165, 1.54) is 0 Å². The van der Waals surface area contributed by atoms with E-state index in [1.807, 2.05) is 78.9 Å². The van der Waals surface area contributed by atoms with Crippen LogP contribution >= 0.6 is 0 Å². The fourth-order valence-electron chi connectivity index (χ4n) is 4.43. The molecule has 3 aromatic carbocycles. The monoisotopic (exact) mass is 412 g/mol. The molecule has 31 heavy (non-hydrogen) atoms. The van der Waals surface area contributed by atoms with Crippen LogP contribution in [0.25, 0.3) is 11.1 Å². The molecule has 1 saturated heterocycles. The van der Waals surface area contributed by atoms with Crippen molar-refractivity contribution in [2.75, 3.05) is 13.7 Å². The highest BCUT2D eigenvalue weighted by Gasteiger charge is 2.52. The van der Waals surface area contributed by atoms with Gasteiger partial charge in [-0.15, -0.1) is 0 Å². The van der Waals surface area contributed by atoms with E-state index in [0.29, 0.717) is 0 Å². The van der Waals surface area contributed by atoms with Crippen molar-refractivity contribution in [3.63, 3.8) is 0 Å². The summed E-state index contributed by atoms with van der Waals surface area (Å²) >= 11 is 0. The summed E-state index contributed by atoms with van der Waals surface area (Å²) in [5.74, 6) is 0.333. The zero-order valence-electron chi connectivity index (χ0n) is 17.3. The molecule has 1 amide bonds. The molecule has 1 aliphatic rings. The molecule has 0 unspecified atom stereocenters. The van der Waals surface area contributed by atoms with Crippen LogP contribution in [-0.2, 0) is 11.2 Å². The van der Waals surface area contributed by atoms with E-state index in [9.17, 15) is 15.2 Å². The number of ether oxygens (including phenoxy) is 1. The molecule has 5 nitrogen and oxygen atoms in total. The summed E-state index contributed by atoms with van der Waals surface area (Å²) < 4.78 is 5.36. The van der Waals surface area contributed by atoms with Crippen molar-refractivity contribution in [1.29, 1.82) is 5.26 Å². The Labute approximate surface area is 182 Å². The maximum Gasteiger partial charge on any atom is 0.228 e. The molecule has 0 radical (unpaired) electrons. The van der Waals surface area contributed by atoms with Gasteiger partial charge in [0, 0.05) is 5.92 Å². The predicted molar refractivity (Wildman–Crippen MR) is 118 cm³/mol. The van der Waals surface area contributed by atoms with Gasteiger partial charge in [-0.05, 0) is 34.4 Å². The molecule has 1 fully saturated rings. The van der Waals surface area contributed by atoms with E-state index in [0.717, 1.165) is 28.0 Å². The summed E-state index contributed by atoms with van der Waals surface area (Å²) in [4.78, 5) is 14.5. The third-order valence-electron chi connectivity index (χ3n) is 5.92. The SMILES string of the molecule is COc1cccc(-c2ccccc2[C@@H]2[C@@H](CO)N(C(=O)Cc3ccccc3)[C@H]2C#N)c1. The number of rotatable bonds is 6. The van der Waals surface area contributed by atoms with Gasteiger partial charge in [-0.3, -0.25) is 4.79 Å².